The van der Waals surface area contributed by atoms with Gasteiger partial charge in [0.1, 0.15) is 18.8 Å². The normalized spacial score (nSPS) is 19.7. The van der Waals surface area contributed by atoms with Crippen LogP contribution in [0.4, 0.5) is 9.18 Å². The molecule has 2 unspecified atom stereocenters. The number of ketones is 1. The number of carbonyl (C=O) groups excluding carboxylic acids is 2. The highest BCUT2D eigenvalue weighted by Gasteiger charge is 2.34. The van der Waals surface area contributed by atoms with Crippen molar-refractivity contribution in [3.63, 3.8) is 0 Å². The molecular weight excluding hydrogens is 287 g/mol. The Kier molecular flexibility index (Phi) is 6.07. The maximum atomic E-state index is 12.4. The second kappa shape index (κ2) is 7.55. The molecule has 2 atom stereocenters. The zero-order valence-electron chi connectivity index (χ0n) is 11.2. The Hall–Kier alpha value is -2.19. The first-order valence-corrected chi connectivity index (χ1v) is 6.47. The largest absolute Gasteiger partial charge is 0.481 e. The number of nitrogens with one attached hydrogen (secondary N) is 1. The van der Waals surface area contributed by atoms with Crippen LogP contribution in [0.15, 0.2) is 0 Å². The van der Waals surface area contributed by atoms with E-state index >= 15 is 0 Å². The standard InChI is InChI=1S/C12H17FN2O6/c13-6-9(16)7(5-10(17)18)14-11(19)8-3-1-2-4-15(8)12(20)21/h7-8H,1-6H2,(H,14,19)(H,17,18)(H,20,21). The third-order valence-corrected chi connectivity index (χ3v) is 3.27. The molecule has 21 heavy (non-hydrogen) atoms. The molecule has 0 radical (unpaired) electrons. The van der Waals surface area contributed by atoms with E-state index in [4.69, 9.17) is 10.2 Å². The third-order valence-electron chi connectivity index (χ3n) is 3.27. The number of carbonyl (C=O) groups is 4. The Labute approximate surface area is 119 Å². The molecule has 3 N–H and O–H groups in total. The van der Waals surface area contributed by atoms with E-state index in [1.807, 2.05) is 0 Å². The smallest absolute Gasteiger partial charge is 0.407 e. The molecule has 0 spiro atoms. The van der Waals surface area contributed by atoms with Gasteiger partial charge >= 0.3 is 12.1 Å². The molecule has 0 aromatic heterocycles. The quantitative estimate of drug-likeness (QED) is 0.635. The van der Waals surface area contributed by atoms with Crippen LogP contribution in [-0.4, -0.2) is 64.2 Å². The van der Waals surface area contributed by atoms with Gasteiger partial charge in [-0.1, -0.05) is 0 Å². The summed E-state index contributed by atoms with van der Waals surface area (Å²) in [6.07, 6.45) is -0.460. The van der Waals surface area contributed by atoms with Crippen molar-refractivity contribution in [2.45, 2.75) is 37.8 Å². The summed E-state index contributed by atoms with van der Waals surface area (Å²) in [7, 11) is 0. The van der Waals surface area contributed by atoms with Crippen molar-refractivity contribution in [1.29, 1.82) is 0 Å². The predicted octanol–water partition coefficient (Wildman–Crippen LogP) is 0.0170. The minimum Gasteiger partial charge on any atom is -0.481 e. The lowest BCUT2D eigenvalue weighted by Crippen LogP contribution is -2.55. The van der Waals surface area contributed by atoms with Gasteiger partial charge in [-0.3, -0.25) is 19.3 Å². The van der Waals surface area contributed by atoms with Crippen molar-refractivity contribution in [3.8, 4) is 0 Å². The number of carboxylic acid groups (broad SMARTS) is 2. The molecule has 0 aromatic carbocycles. The van der Waals surface area contributed by atoms with E-state index in [0.717, 1.165) is 4.90 Å². The maximum Gasteiger partial charge on any atom is 0.407 e. The number of carboxylic acids is 1. The fourth-order valence-electron chi connectivity index (χ4n) is 2.21. The van der Waals surface area contributed by atoms with Crippen molar-refractivity contribution < 1.29 is 33.8 Å². The summed E-state index contributed by atoms with van der Waals surface area (Å²) in [5.74, 6) is -3.19. The van der Waals surface area contributed by atoms with Crippen LogP contribution in [0.2, 0.25) is 0 Å². The van der Waals surface area contributed by atoms with Crippen molar-refractivity contribution in [3.05, 3.63) is 0 Å². The summed E-state index contributed by atoms with van der Waals surface area (Å²) >= 11 is 0. The molecule has 0 aromatic rings. The highest BCUT2D eigenvalue weighted by atomic mass is 19.1. The molecule has 0 saturated carbocycles. The van der Waals surface area contributed by atoms with Crippen molar-refractivity contribution in [1.82, 2.24) is 10.2 Å². The molecule has 0 bridgehead atoms. The molecule has 1 aliphatic heterocycles. The molecule has 1 aliphatic rings. The average molecular weight is 304 g/mol. The summed E-state index contributed by atoms with van der Waals surface area (Å²) < 4.78 is 12.4. The van der Waals surface area contributed by atoms with E-state index in [0.29, 0.717) is 12.8 Å². The molecule has 0 aliphatic carbocycles. The van der Waals surface area contributed by atoms with Crippen molar-refractivity contribution in [2.75, 3.05) is 13.2 Å². The Bertz CT molecular complexity index is 441. The first-order valence-electron chi connectivity index (χ1n) is 6.47. The number of hydrogen-bond acceptors (Lipinski definition) is 4. The highest BCUT2D eigenvalue weighted by Crippen LogP contribution is 2.17. The van der Waals surface area contributed by atoms with Crippen LogP contribution in [-0.2, 0) is 14.4 Å². The summed E-state index contributed by atoms with van der Waals surface area (Å²) in [5, 5.41) is 19.8. The maximum absolute atomic E-state index is 12.4. The number of amides is 2. The van der Waals surface area contributed by atoms with Gasteiger partial charge in [0.15, 0.2) is 5.78 Å². The summed E-state index contributed by atoms with van der Waals surface area (Å²) in [4.78, 5) is 46.0. The van der Waals surface area contributed by atoms with Gasteiger partial charge in [0.25, 0.3) is 0 Å². The minimum atomic E-state index is -1.49. The molecule has 8 nitrogen and oxygen atoms in total. The topological polar surface area (TPSA) is 124 Å². The molecule has 9 heteroatoms. The number of alkyl halides is 1. The second-order valence-electron chi connectivity index (χ2n) is 4.75. The zero-order valence-corrected chi connectivity index (χ0v) is 11.2. The fraction of sp³-hybridized carbons (Fsp3) is 0.667. The first-order chi connectivity index (χ1) is 9.86. The van der Waals surface area contributed by atoms with E-state index in [9.17, 15) is 23.6 Å². The lowest BCUT2D eigenvalue weighted by atomic mass is 10.0. The number of Topliss-reactive ketones (excluding diaryl/α,β-unsaturated/α-hetero) is 1. The van der Waals surface area contributed by atoms with E-state index in [-0.39, 0.29) is 13.0 Å². The summed E-state index contributed by atoms with van der Waals surface area (Å²) in [5.41, 5.74) is 0. The SMILES string of the molecule is O=C(O)CC(NC(=O)C1CCCCN1C(=O)O)C(=O)CF. The number of nitrogens with zero attached hydrogens (tertiary/aromatic N) is 1. The van der Waals surface area contributed by atoms with Crippen molar-refractivity contribution >= 4 is 23.8 Å². The number of aliphatic carboxylic acids is 1. The van der Waals surface area contributed by atoms with Crippen LogP contribution in [0.1, 0.15) is 25.7 Å². The molecule has 1 rings (SSSR count). The van der Waals surface area contributed by atoms with Gasteiger partial charge in [0.05, 0.1) is 6.42 Å². The van der Waals surface area contributed by atoms with Gasteiger partial charge in [0, 0.05) is 6.54 Å². The number of hydrogen-bond donors (Lipinski definition) is 3. The van der Waals surface area contributed by atoms with Crippen molar-refractivity contribution in [2.24, 2.45) is 0 Å². The lowest BCUT2D eigenvalue weighted by molar-refractivity contribution is -0.140. The molecule has 1 heterocycles. The molecule has 1 saturated heterocycles. The average Bonchev–Trinajstić information content (AvgIpc) is 2.45. The second-order valence-corrected chi connectivity index (χ2v) is 4.75. The predicted molar refractivity (Wildman–Crippen MR) is 67.5 cm³/mol. The van der Waals surface area contributed by atoms with Gasteiger partial charge in [-0.05, 0) is 19.3 Å². The Balaban J connectivity index is 2.77. The molecule has 118 valence electrons. The monoisotopic (exact) mass is 304 g/mol. The van der Waals surface area contributed by atoms with Crippen LogP contribution in [0.5, 0.6) is 0 Å². The molecule has 1 fully saturated rings. The van der Waals surface area contributed by atoms with E-state index in [1.165, 1.54) is 0 Å². The van der Waals surface area contributed by atoms with Crippen LogP contribution < -0.4 is 5.32 Å². The highest BCUT2D eigenvalue weighted by molar-refractivity contribution is 5.94. The van der Waals surface area contributed by atoms with Gasteiger partial charge in [-0.2, -0.15) is 0 Å². The van der Waals surface area contributed by atoms with E-state index < -0.39 is 48.9 Å². The van der Waals surface area contributed by atoms with E-state index in [1.54, 1.807) is 0 Å². The van der Waals surface area contributed by atoms with Crippen LogP contribution in [0.25, 0.3) is 0 Å². The number of halogens is 1. The lowest BCUT2D eigenvalue weighted by Gasteiger charge is -2.33. The van der Waals surface area contributed by atoms with Crippen LogP contribution in [0.3, 0.4) is 0 Å². The van der Waals surface area contributed by atoms with Gasteiger partial charge in [0.2, 0.25) is 5.91 Å². The third kappa shape index (κ3) is 4.69. The Morgan fingerprint density at radius 2 is 1.90 bits per heavy atom. The Morgan fingerprint density at radius 3 is 2.43 bits per heavy atom. The Morgan fingerprint density at radius 1 is 1.24 bits per heavy atom. The molecular formula is C12H17FN2O6. The van der Waals surface area contributed by atoms with Crippen LogP contribution in [0, 0.1) is 0 Å². The van der Waals surface area contributed by atoms with Crippen LogP contribution >= 0.6 is 0 Å². The van der Waals surface area contributed by atoms with Gasteiger partial charge in [-0.25, -0.2) is 9.18 Å². The fourth-order valence-corrected chi connectivity index (χ4v) is 2.21. The van der Waals surface area contributed by atoms with E-state index in [2.05, 4.69) is 5.32 Å². The number of piperidine rings is 1. The minimum absolute atomic E-state index is 0.189. The number of rotatable bonds is 6. The number of likely N-dealkylation sites (tertiary alicyclic amines) is 1. The molecule has 2 amide bonds. The van der Waals surface area contributed by atoms with Gasteiger partial charge < -0.3 is 15.5 Å². The van der Waals surface area contributed by atoms with Gasteiger partial charge in [-0.15, -0.1) is 0 Å². The summed E-state index contributed by atoms with van der Waals surface area (Å²) in [6, 6.07) is -2.47. The summed E-state index contributed by atoms with van der Waals surface area (Å²) in [6.45, 7) is -1.21. The zero-order chi connectivity index (χ0) is 16.0. The first kappa shape index (κ1) is 16.9.